The topological polar surface area (TPSA) is 107 Å². The normalized spacial score (nSPS) is 21.3. The first kappa shape index (κ1) is 23.2. The molecule has 29 heavy (non-hydrogen) atoms. The van der Waals surface area contributed by atoms with E-state index in [2.05, 4.69) is 5.32 Å². The van der Waals surface area contributed by atoms with Crippen molar-refractivity contribution < 1.29 is 24.6 Å². The molecule has 0 saturated carbocycles. The number of benzene rings is 1. The second-order valence-corrected chi connectivity index (χ2v) is 9.58. The quantitative estimate of drug-likeness (QED) is 0.591. The summed E-state index contributed by atoms with van der Waals surface area (Å²) < 4.78 is -0.671. The highest BCUT2D eigenvalue weighted by atomic mass is 32.2. The summed E-state index contributed by atoms with van der Waals surface area (Å²) in [6.07, 6.45) is -0.649. The number of carbonyl (C=O) groups excluding carboxylic acids is 2. The molecule has 1 heterocycles. The van der Waals surface area contributed by atoms with Gasteiger partial charge in [0.1, 0.15) is 6.04 Å². The van der Waals surface area contributed by atoms with Gasteiger partial charge in [0.15, 0.2) is 6.10 Å². The van der Waals surface area contributed by atoms with Crippen molar-refractivity contribution in [2.45, 2.75) is 63.5 Å². The third kappa shape index (κ3) is 5.51. The fraction of sp³-hybridized carbons (Fsp3) is 0.571. The Kier molecular flexibility index (Phi) is 7.71. The van der Waals surface area contributed by atoms with Gasteiger partial charge in [0.25, 0.3) is 5.91 Å². The molecule has 1 aliphatic rings. The molecule has 1 saturated heterocycles. The van der Waals surface area contributed by atoms with Gasteiger partial charge in [-0.2, -0.15) is 0 Å². The van der Waals surface area contributed by atoms with Crippen LogP contribution in [-0.4, -0.2) is 61.7 Å². The number of carboxylic acid groups (broad SMARTS) is 1. The largest absolute Gasteiger partial charge is 0.480 e. The van der Waals surface area contributed by atoms with Crippen LogP contribution in [0.2, 0.25) is 0 Å². The van der Waals surface area contributed by atoms with E-state index >= 15 is 0 Å². The summed E-state index contributed by atoms with van der Waals surface area (Å²) in [5.41, 5.74) is 0.861. The van der Waals surface area contributed by atoms with Crippen molar-refractivity contribution in [1.82, 2.24) is 10.2 Å². The molecule has 1 fully saturated rings. The maximum Gasteiger partial charge on any atom is 0.327 e. The van der Waals surface area contributed by atoms with Crippen molar-refractivity contribution in [3.63, 3.8) is 0 Å². The lowest BCUT2D eigenvalue weighted by atomic mass is 9.97. The molecule has 1 unspecified atom stereocenters. The van der Waals surface area contributed by atoms with Crippen LogP contribution >= 0.6 is 11.8 Å². The molecule has 0 bridgehead atoms. The molecule has 1 aliphatic heterocycles. The van der Waals surface area contributed by atoms with Crippen LogP contribution in [0.3, 0.4) is 0 Å². The molecule has 2 amide bonds. The number of carboxylic acids is 1. The third-order valence-corrected chi connectivity index (χ3v) is 6.76. The number of hydrogen-bond acceptors (Lipinski definition) is 5. The number of carbonyl (C=O) groups is 3. The standard InChI is InChI=1S/C21H30N2O5S/c1-5-13(2)18(25)22-15(11-14-9-7-6-8-10-14)16(24)19(26)23-12-29-21(3,4)17(23)20(27)28/h6-10,13,15-17,24H,5,11-12H2,1-4H3,(H,22,25)(H,27,28)/t13?,15-,16-,17+/m0/s1. The zero-order valence-corrected chi connectivity index (χ0v) is 18.1. The summed E-state index contributed by atoms with van der Waals surface area (Å²) in [7, 11) is 0. The minimum absolute atomic E-state index is 0.178. The van der Waals surface area contributed by atoms with E-state index in [1.165, 1.54) is 16.7 Å². The van der Waals surface area contributed by atoms with Crippen LogP contribution in [0, 0.1) is 5.92 Å². The van der Waals surface area contributed by atoms with E-state index < -0.39 is 34.8 Å². The summed E-state index contributed by atoms with van der Waals surface area (Å²) in [6.45, 7) is 7.20. The number of thioether (sulfide) groups is 1. The summed E-state index contributed by atoms with van der Waals surface area (Å²) in [6, 6.07) is 7.36. The Balaban J connectivity index is 2.25. The summed E-state index contributed by atoms with van der Waals surface area (Å²) in [5, 5.41) is 23.3. The van der Waals surface area contributed by atoms with Gasteiger partial charge in [0.2, 0.25) is 5.91 Å². The predicted molar refractivity (Wildman–Crippen MR) is 112 cm³/mol. The molecular weight excluding hydrogens is 392 g/mol. The monoisotopic (exact) mass is 422 g/mol. The van der Waals surface area contributed by atoms with Crippen molar-refractivity contribution in [3.05, 3.63) is 35.9 Å². The highest BCUT2D eigenvalue weighted by molar-refractivity contribution is 8.00. The van der Waals surface area contributed by atoms with Gasteiger partial charge in [-0.15, -0.1) is 11.8 Å². The highest BCUT2D eigenvalue weighted by Crippen LogP contribution is 2.39. The van der Waals surface area contributed by atoms with Gasteiger partial charge in [-0.1, -0.05) is 44.2 Å². The Morgan fingerprint density at radius 1 is 1.28 bits per heavy atom. The Bertz CT molecular complexity index is 740. The van der Waals surface area contributed by atoms with E-state index in [1.807, 2.05) is 37.3 Å². The SMILES string of the molecule is CCC(C)C(=O)N[C@@H](Cc1ccccc1)[C@H](O)C(=O)N1CSC(C)(C)[C@H]1C(=O)O. The van der Waals surface area contributed by atoms with E-state index in [0.29, 0.717) is 6.42 Å². The van der Waals surface area contributed by atoms with Gasteiger partial charge in [0.05, 0.1) is 11.9 Å². The molecule has 1 aromatic carbocycles. The van der Waals surface area contributed by atoms with Gasteiger partial charge in [-0.05, 0) is 32.3 Å². The van der Waals surface area contributed by atoms with Crippen LogP contribution in [-0.2, 0) is 20.8 Å². The zero-order valence-electron chi connectivity index (χ0n) is 17.3. The average molecular weight is 423 g/mol. The molecule has 3 N–H and O–H groups in total. The van der Waals surface area contributed by atoms with Gasteiger partial charge >= 0.3 is 5.97 Å². The van der Waals surface area contributed by atoms with Crippen LogP contribution < -0.4 is 5.32 Å². The number of aliphatic hydroxyl groups excluding tert-OH is 1. The number of aliphatic carboxylic acids is 1. The van der Waals surface area contributed by atoms with E-state index in [9.17, 15) is 24.6 Å². The summed E-state index contributed by atoms with van der Waals surface area (Å²) in [5.74, 6) is -2.11. The minimum atomic E-state index is -1.54. The fourth-order valence-electron chi connectivity index (χ4n) is 3.35. The van der Waals surface area contributed by atoms with Crippen molar-refractivity contribution >= 4 is 29.5 Å². The molecule has 160 valence electrons. The lowest BCUT2D eigenvalue weighted by Crippen LogP contribution is -2.57. The third-order valence-electron chi connectivity index (χ3n) is 5.38. The van der Waals surface area contributed by atoms with E-state index in [0.717, 1.165) is 5.56 Å². The lowest BCUT2D eigenvalue weighted by molar-refractivity contribution is -0.154. The van der Waals surface area contributed by atoms with Crippen LogP contribution in [0.5, 0.6) is 0 Å². The molecule has 0 spiro atoms. The van der Waals surface area contributed by atoms with E-state index in [4.69, 9.17) is 0 Å². The molecule has 0 radical (unpaired) electrons. The molecule has 0 aliphatic carbocycles. The summed E-state index contributed by atoms with van der Waals surface area (Å²) >= 11 is 1.35. The maximum absolute atomic E-state index is 13.0. The van der Waals surface area contributed by atoms with Crippen molar-refractivity contribution in [1.29, 1.82) is 0 Å². The first-order valence-corrected chi connectivity index (χ1v) is 10.8. The van der Waals surface area contributed by atoms with Gasteiger partial charge < -0.3 is 20.4 Å². The van der Waals surface area contributed by atoms with E-state index in [1.54, 1.807) is 20.8 Å². The Morgan fingerprint density at radius 3 is 2.45 bits per heavy atom. The number of rotatable bonds is 8. The summed E-state index contributed by atoms with van der Waals surface area (Å²) in [4.78, 5) is 38.5. The Labute approximate surface area is 175 Å². The molecule has 4 atom stereocenters. The van der Waals surface area contributed by atoms with Gasteiger partial charge in [-0.3, -0.25) is 9.59 Å². The fourth-order valence-corrected chi connectivity index (χ4v) is 4.48. The molecule has 7 nitrogen and oxygen atoms in total. The number of nitrogens with one attached hydrogen (secondary N) is 1. The van der Waals surface area contributed by atoms with Gasteiger partial charge in [0, 0.05) is 10.7 Å². The Hall–Kier alpha value is -2.06. The second kappa shape index (κ2) is 9.63. The number of aliphatic hydroxyl groups is 1. The predicted octanol–water partition coefficient (Wildman–Crippen LogP) is 1.89. The molecule has 2 rings (SSSR count). The molecule has 8 heteroatoms. The van der Waals surface area contributed by atoms with E-state index in [-0.39, 0.29) is 24.1 Å². The number of amides is 2. The maximum atomic E-state index is 13.0. The smallest absolute Gasteiger partial charge is 0.327 e. The first-order valence-electron chi connectivity index (χ1n) is 9.78. The second-order valence-electron chi connectivity index (χ2n) is 7.98. The molecule has 1 aromatic rings. The number of hydrogen-bond donors (Lipinski definition) is 3. The number of nitrogens with zero attached hydrogens (tertiary/aromatic N) is 1. The zero-order chi connectivity index (χ0) is 21.8. The van der Waals surface area contributed by atoms with Crippen LogP contribution in [0.1, 0.15) is 39.7 Å². The van der Waals surface area contributed by atoms with Crippen LogP contribution in [0.4, 0.5) is 0 Å². The molecular formula is C21H30N2O5S. The van der Waals surface area contributed by atoms with Crippen molar-refractivity contribution in [3.8, 4) is 0 Å². The average Bonchev–Trinajstić information content (AvgIpc) is 3.01. The van der Waals surface area contributed by atoms with Crippen molar-refractivity contribution in [2.24, 2.45) is 5.92 Å². The molecule has 0 aromatic heterocycles. The lowest BCUT2D eigenvalue weighted by Gasteiger charge is -2.32. The highest BCUT2D eigenvalue weighted by Gasteiger charge is 2.50. The first-order chi connectivity index (χ1) is 13.6. The van der Waals surface area contributed by atoms with Crippen molar-refractivity contribution in [2.75, 3.05) is 5.88 Å². The minimum Gasteiger partial charge on any atom is -0.480 e. The Morgan fingerprint density at radius 2 is 1.90 bits per heavy atom. The van der Waals surface area contributed by atoms with Crippen LogP contribution in [0.25, 0.3) is 0 Å². The van der Waals surface area contributed by atoms with Crippen LogP contribution in [0.15, 0.2) is 30.3 Å². The van der Waals surface area contributed by atoms with Gasteiger partial charge in [-0.25, -0.2) is 4.79 Å².